The van der Waals surface area contributed by atoms with Crippen molar-refractivity contribution in [1.29, 1.82) is 0 Å². The largest absolute Gasteiger partial charge is 0.371 e. The van der Waals surface area contributed by atoms with Gasteiger partial charge < -0.3 is 9.80 Å². The summed E-state index contributed by atoms with van der Waals surface area (Å²) in [5.74, 6) is 0.645. The highest BCUT2D eigenvalue weighted by Gasteiger charge is 2.17. The van der Waals surface area contributed by atoms with E-state index in [4.69, 9.17) is 0 Å². The van der Waals surface area contributed by atoms with E-state index in [1.165, 1.54) is 24.1 Å². The number of para-hydroxylation sites is 1. The number of nitrogens with zero attached hydrogens (tertiary/aromatic N) is 2. The van der Waals surface area contributed by atoms with E-state index >= 15 is 0 Å². The fraction of sp³-hybridized carbons (Fsp3) is 0.350. The van der Waals surface area contributed by atoms with Crippen LogP contribution in [0.3, 0.4) is 0 Å². The average molecular weight is 340 g/mol. The third kappa shape index (κ3) is 4.32. The van der Waals surface area contributed by atoms with E-state index in [1.54, 1.807) is 11.8 Å². The number of thioether (sulfide) groups is 1. The Labute approximate surface area is 148 Å². The van der Waals surface area contributed by atoms with E-state index in [2.05, 4.69) is 29.2 Å². The minimum Gasteiger partial charge on any atom is -0.371 e. The second-order valence-electron chi connectivity index (χ2n) is 6.17. The predicted molar refractivity (Wildman–Crippen MR) is 102 cm³/mol. The third-order valence-corrected chi connectivity index (χ3v) is 5.37. The quantitative estimate of drug-likeness (QED) is 0.742. The Balaban J connectivity index is 1.60. The number of carbonyl (C=O) groups excluding carboxylic acids is 1. The molecule has 2 aromatic carbocycles. The molecule has 3 nitrogen and oxygen atoms in total. The molecule has 3 rings (SSSR count). The van der Waals surface area contributed by atoms with E-state index in [-0.39, 0.29) is 5.91 Å². The van der Waals surface area contributed by atoms with Crippen LogP contribution >= 0.6 is 11.8 Å². The maximum absolute atomic E-state index is 12.4. The van der Waals surface area contributed by atoms with Gasteiger partial charge in [0.1, 0.15) is 0 Å². The first-order valence-electron chi connectivity index (χ1n) is 8.49. The average Bonchev–Trinajstić information content (AvgIpc) is 3.15. The second-order valence-corrected chi connectivity index (χ2v) is 7.22. The summed E-state index contributed by atoms with van der Waals surface area (Å²) >= 11 is 1.60. The van der Waals surface area contributed by atoms with Gasteiger partial charge in [0.15, 0.2) is 0 Å². The first kappa shape index (κ1) is 16.9. The minimum absolute atomic E-state index is 0.167. The molecule has 0 aromatic heterocycles. The molecule has 1 aliphatic heterocycles. The van der Waals surface area contributed by atoms with Crippen molar-refractivity contribution in [2.24, 2.45) is 0 Å². The highest BCUT2D eigenvalue weighted by atomic mass is 32.2. The van der Waals surface area contributed by atoms with Crippen molar-refractivity contribution in [1.82, 2.24) is 4.90 Å². The molecule has 24 heavy (non-hydrogen) atoms. The molecule has 0 aliphatic carbocycles. The Bertz CT molecular complexity index is 668. The van der Waals surface area contributed by atoms with Crippen molar-refractivity contribution in [3.05, 3.63) is 60.2 Å². The molecule has 4 heteroatoms. The van der Waals surface area contributed by atoms with Crippen molar-refractivity contribution in [3.63, 3.8) is 0 Å². The lowest BCUT2D eigenvalue weighted by Gasteiger charge is -2.24. The molecular weight excluding hydrogens is 316 g/mol. The molecule has 0 unspecified atom stereocenters. The molecule has 0 atom stereocenters. The lowest BCUT2D eigenvalue weighted by molar-refractivity contribution is -0.127. The van der Waals surface area contributed by atoms with Gasteiger partial charge in [-0.2, -0.15) is 0 Å². The van der Waals surface area contributed by atoms with Crippen molar-refractivity contribution in [3.8, 4) is 0 Å². The van der Waals surface area contributed by atoms with Crippen molar-refractivity contribution in [2.45, 2.75) is 24.3 Å². The smallest absolute Gasteiger partial charge is 0.232 e. The Morgan fingerprint density at radius 1 is 1.04 bits per heavy atom. The Kier molecular flexibility index (Phi) is 5.81. The normalized spacial score (nSPS) is 14.0. The third-order valence-electron chi connectivity index (χ3n) is 4.38. The number of anilines is 1. The van der Waals surface area contributed by atoms with Crippen LogP contribution in [0.4, 0.5) is 5.69 Å². The van der Waals surface area contributed by atoms with Crippen LogP contribution in [-0.4, -0.2) is 36.7 Å². The number of benzene rings is 2. The molecule has 1 fully saturated rings. The summed E-state index contributed by atoms with van der Waals surface area (Å²) in [5.41, 5.74) is 2.52. The van der Waals surface area contributed by atoms with Gasteiger partial charge in [-0.25, -0.2) is 0 Å². The molecule has 1 amide bonds. The number of rotatable bonds is 6. The van der Waals surface area contributed by atoms with Gasteiger partial charge in [0.05, 0.1) is 5.75 Å². The van der Waals surface area contributed by atoms with Crippen LogP contribution in [0.1, 0.15) is 18.4 Å². The van der Waals surface area contributed by atoms with Gasteiger partial charge in [-0.3, -0.25) is 4.79 Å². The SMILES string of the molecule is CN(Cc1ccccc1N1CCCC1)C(=O)CSc1ccccc1. The Morgan fingerprint density at radius 2 is 1.71 bits per heavy atom. The van der Waals surface area contributed by atoms with Crippen molar-refractivity contribution in [2.75, 3.05) is 30.8 Å². The minimum atomic E-state index is 0.167. The predicted octanol–water partition coefficient (Wildman–Crippen LogP) is 4.04. The number of amides is 1. The lowest BCUT2D eigenvalue weighted by atomic mass is 10.1. The van der Waals surface area contributed by atoms with Crippen LogP contribution in [0.25, 0.3) is 0 Å². The number of carbonyl (C=O) groups is 1. The Morgan fingerprint density at radius 3 is 2.46 bits per heavy atom. The summed E-state index contributed by atoms with van der Waals surface area (Å²) in [5, 5.41) is 0. The topological polar surface area (TPSA) is 23.6 Å². The number of hydrogen-bond donors (Lipinski definition) is 0. The molecular formula is C20H24N2OS. The number of hydrogen-bond acceptors (Lipinski definition) is 3. The highest BCUT2D eigenvalue weighted by molar-refractivity contribution is 8.00. The van der Waals surface area contributed by atoms with Crippen molar-refractivity contribution < 1.29 is 4.79 Å². The standard InChI is InChI=1S/C20H24N2OS/c1-21(20(23)16-24-18-10-3-2-4-11-18)15-17-9-5-6-12-19(17)22-13-7-8-14-22/h2-6,9-12H,7-8,13-16H2,1H3. The molecule has 0 radical (unpaired) electrons. The van der Waals surface area contributed by atoms with E-state index in [1.807, 2.05) is 42.3 Å². The molecule has 0 bridgehead atoms. The fourth-order valence-electron chi connectivity index (χ4n) is 3.03. The van der Waals surface area contributed by atoms with Crippen LogP contribution in [0, 0.1) is 0 Å². The van der Waals surface area contributed by atoms with Gasteiger partial charge in [0.25, 0.3) is 0 Å². The second kappa shape index (κ2) is 8.25. The van der Waals surface area contributed by atoms with Crippen LogP contribution < -0.4 is 4.90 Å². The van der Waals surface area contributed by atoms with Gasteiger partial charge in [-0.1, -0.05) is 36.4 Å². The summed E-state index contributed by atoms with van der Waals surface area (Å²) in [6.07, 6.45) is 2.52. The first-order valence-corrected chi connectivity index (χ1v) is 9.47. The van der Waals surface area contributed by atoms with Gasteiger partial charge in [0.2, 0.25) is 5.91 Å². The molecule has 0 saturated carbocycles. The van der Waals surface area contributed by atoms with Gasteiger partial charge in [0, 0.05) is 37.3 Å². The van der Waals surface area contributed by atoms with Crippen molar-refractivity contribution >= 4 is 23.4 Å². The lowest BCUT2D eigenvalue weighted by Crippen LogP contribution is -2.29. The van der Waals surface area contributed by atoms with Gasteiger partial charge >= 0.3 is 0 Å². The molecule has 1 saturated heterocycles. The highest BCUT2D eigenvalue weighted by Crippen LogP contribution is 2.25. The molecule has 1 aliphatic rings. The van der Waals surface area contributed by atoms with E-state index < -0.39 is 0 Å². The molecule has 2 aromatic rings. The van der Waals surface area contributed by atoms with Crippen LogP contribution in [0.5, 0.6) is 0 Å². The summed E-state index contributed by atoms with van der Waals surface area (Å²) in [6, 6.07) is 18.6. The molecule has 0 spiro atoms. The first-order chi connectivity index (χ1) is 11.7. The summed E-state index contributed by atoms with van der Waals surface area (Å²) in [7, 11) is 1.90. The molecule has 1 heterocycles. The zero-order valence-corrected chi connectivity index (χ0v) is 15.0. The maximum Gasteiger partial charge on any atom is 0.232 e. The van der Waals surface area contributed by atoms with Crippen LogP contribution in [0.15, 0.2) is 59.5 Å². The summed E-state index contributed by atoms with van der Waals surface area (Å²) < 4.78 is 0. The zero-order valence-electron chi connectivity index (χ0n) is 14.1. The van der Waals surface area contributed by atoms with Crippen LogP contribution in [-0.2, 0) is 11.3 Å². The Hall–Kier alpha value is -1.94. The van der Waals surface area contributed by atoms with E-state index in [0.717, 1.165) is 18.0 Å². The van der Waals surface area contributed by atoms with Gasteiger partial charge in [-0.05, 0) is 36.6 Å². The van der Waals surface area contributed by atoms with Gasteiger partial charge in [-0.15, -0.1) is 11.8 Å². The summed E-state index contributed by atoms with van der Waals surface area (Å²) in [4.78, 5) is 17.9. The zero-order chi connectivity index (χ0) is 16.8. The van der Waals surface area contributed by atoms with Crippen LogP contribution in [0.2, 0.25) is 0 Å². The monoisotopic (exact) mass is 340 g/mol. The van der Waals surface area contributed by atoms with E-state index in [9.17, 15) is 4.79 Å². The summed E-state index contributed by atoms with van der Waals surface area (Å²) in [6.45, 7) is 2.91. The molecule has 0 N–H and O–H groups in total. The maximum atomic E-state index is 12.4. The fourth-order valence-corrected chi connectivity index (χ4v) is 3.89. The van der Waals surface area contributed by atoms with E-state index in [0.29, 0.717) is 12.3 Å². The molecule has 126 valence electrons.